The van der Waals surface area contributed by atoms with Crippen LogP contribution in [-0.4, -0.2) is 43.7 Å². The summed E-state index contributed by atoms with van der Waals surface area (Å²) in [4.78, 5) is 14.3. The molecule has 0 spiro atoms. The Bertz CT molecular complexity index is 407. The van der Waals surface area contributed by atoms with E-state index >= 15 is 0 Å². The van der Waals surface area contributed by atoms with Crippen LogP contribution in [0, 0.1) is 5.92 Å². The van der Waals surface area contributed by atoms with Crippen LogP contribution in [0.25, 0.3) is 0 Å². The lowest BCUT2D eigenvalue weighted by molar-refractivity contribution is -0.133. The summed E-state index contributed by atoms with van der Waals surface area (Å²) >= 11 is 0. The predicted molar refractivity (Wildman–Crippen MR) is 86.0 cm³/mol. The van der Waals surface area contributed by atoms with Crippen molar-refractivity contribution in [3.63, 3.8) is 0 Å². The van der Waals surface area contributed by atoms with Crippen molar-refractivity contribution in [3.05, 3.63) is 35.9 Å². The van der Waals surface area contributed by atoms with Gasteiger partial charge in [0.25, 0.3) is 0 Å². The number of ether oxygens (including phenoxy) is 1. The van der Waals surface area contributed by atoms with Crippen molar-refractivity contribution in [2.75, 3.05) is 26.8 Å². The Morgan fingerprint density at radius 3 is 2.52 bits per heavy atom. The third-order valence-corrected chi connectivity index (χ3v) is 3.37. The van der Waals surface area contributed by atoms with E-state index in [9.17, 15) is 4.79 Å². The topological polar surface area (TPSA) is 55.6 Å². The summed E-state index contributed by atoms with van der Waals surface area (Å²) in [5, 5.41) is 0. The van der Waals surface area contributed by atoms with Crippen LogP contribution in [0.3, 0.4) is 0 Å². The maximum Gasteiger partial charge on any atom is 0.239 e. The van der Waals surface area contributed by atoms with E-state index in [2.05, 4.69) is 26.0 Å². The molecule has 1 unspecified atom stereocenters. The lowest BCUT2D eigenvalue weighted by Gasteiger charge is -2.27. The normalized spacial score (nSPS) is 12.4. The van der Waals surface area contributed by atoms with E-state index in [1.165, 1.54) is 5.56 Å². The van der Waals surface area contributed by atoms with Crippen LogP contribution >= 0.6 is 0 Å². The van der Waals surface area contributed by atoms with Crippen molar-refractivity contribution in [2.45, 2.75) is 32.7 Å². The SMILES string of the molecule is COCCN(CC(C)C)C(=O)C(N)CCc1ccccc1. The number of amides is 1. The molecule has 0 fully saturated rings. The highest BCUT2D eigenvalue weighted by Gasteiger charge is 2.21. The molecule has 0 aliphatic heterocycles. The van der Waals surface area contributed by atoms with Gasteiger partial charge in [0, 0.05) is 20.2 Å². The number of aryl methyl sites for hydroxylation is 1. The van der Waals surface area contributed by atoms with Crippen LogP contribution in [0.1, 0.15) is 25.8 Å². The zero-order valence-electron chi connectivity index (χ0n) is 13.4. The van der Waals surface area contributed by atoms with Crippen molar-refractivity contribution in [1.29, 1.82) is 0 Å². The summed E-state index contributed by atoms with van der Waals surface area (Å²) in [6, 6.07) is 9.69. The lowest BCUT2D eigenvalue weighted by Crippen LogP contribution is -2.46. The van der Waals surface area contributed by atoms with Gasteiger partial charge in [-0.15, -0.1) is 0 Å². The van der Waals surface area contributed by atoms with Gasteiger partial charge < -0.3 is 15.4 Å². The molecular weight excluding hydrogens is 264 g/mol. The maximum absolute atomic E-state index is 12.5. The van der Waals surface area contributed by atoms with Crippen LogP contribution in [-0.2, 0) is 16.0 Å². The molecule has 1 atom stereocenters. The Kier molecular flexibility index (Phi) is 8.01. The second-order valence-electron chi connectivity index (χ2n) is 5.80. The molecule has 118 valence electrons. The predicted octanol–water partition coefficient (Wildman–Crippen LogP) is 2.08. The first kappa shape index (κ1) is 17.7. The molecule has 1 amide bonds. The van der Waals surface area contributed by atoms with Gasteiger partial charge in [0.2, 0.25) is 5.91 Å². The maximum atomic E-state index is 12.5. The third kappa shape index (κ3) is 6.74. The smallest absolute Gasteiger partial charge is 0.239 e. The van der Waals surface area contributed by atoms with E-state index in [1.54, 1.807) is 7.11 Å². The van der Waals surface area contributed by atoms with Crippen molar-refractivity contribution in [1.82, 2.24) is 4.90 Å². The molecule has 1 rings (SSSR count). The lowest BCUT2D eigenvalue weighted by atomic mass is 10.0. The molecule has 4 nitrogen and oxygen atoms in total. The highest BCUT2D eigenvalue weighted by molar-refractivity contribution is 5.81. The largest absolute Gasteiger partial charge is 0.383 e. The van der Waals surface area contributed by atoms with Gasteiger partial charge in [0.1, 0.15) is 0 Å². The summed E-state index contributed by atoms with van der Waals surface area (Å²) in [5.41, 5.74) is 7.30. The molecule has 21 heavy (non-hydrogen) atoms. The summed E-state index contributed by atoms with van der Waals surface area (Å²) < 4.78 is 5.08. The Hall–Kier alpha value is -1.39. The molecule has 0 aliphatic carbocycles. The number of benzene rings is 1. The van der Waals surface area contributed by atoms with E-state index < -0.39 is 6.04 Å². The fraction of sp³-hybridized carbons (Fsp3) is 0.588. The number of hydrogen-bond acceptors (Lipinski definition) is 3. The number of carbonyl (C=O) groups excluding carboxylic acids is 1. The number of rotatable bonds is 9. The van der Waals surface area contributed by atoms with Crippen LogP contribution < -0.4 is 5.73 Å². The van der Waals surface area contributed by atoms with Crippen molar-refractivity contribution >= 4 is 5.91 Å². The molecule has 1 aromatic carbocycles. The quantitative estimate of drug-likeness (QED) is 0.758. The summed E-state index contributed by atoms with van der Waals surface area (Å²) in [6.07, 6.45) is 1.50. The van der Waals surface area contributed by atoms with E-state index in [4.69, 9.17) is 10.5 Å². The van der Waals surface area contributed by atoms with Gasteiger partial charge in [-0.25, -0.2) is 0 Å². The van der Waals surface area contributed by atoms with Crippen LogP contribution in [0.5, 0.6) is 0 Å². The summed E-state index contributed by atoms with van der Waals surface area (Å²) in [7, 11) is 1.65. The zero-order chi connectivity index (χ0) is 15.7. The molecule has 4 heteroatoms. The van der Waals surface area contributed by atoms with Crippen molar-refractivity contribution in [3.8, 4) is 0 Å². The minimum Gasteiger partial charge on any atom is -0.383 e. The highest BCUT2D eigenvalue weighted by atomic mass is 16.5. The Morgan fingerprint density at radius 1 is 1.29 bits per heavy atom. The average Bonchev–Trinajstić information content (AvgIpc) is 2.49. The van der Waals surface area contributed by atoms with E-state index in [1.807, 2.05) is 23.1 Å². The average molecular weight is 292 g/mol. The van der Waals surface area contributed by atoms with E-state index in [0.29, 0.717) is 25.5 Å². The fourth-order valence-electron chi connectivity index (χ4n) is 2.26. The van der Waals surface area contributed by atoms with Crippen molar-refractivity contribution < 1.29 is 9.53 Å². The molecule has 2 N–H and O–H groups in total. The van der Waals surface area contributed by atoms with Crippen LogP contribution in [0.4, 0.5) is 0 Å². The van der Waals surface area contributed by atoms with Gasteiger partial charge in [-0.05, 0) is 24.3 Å². The van der Waals surface area contributed by atoms with E-state index in [-0.39, 0.29) is 5.91 Å². The first-order chi connectivity index (χ1) is 10.0. The molecule has 0 saturated carbocycles. The molecule has 0 bridgehead atoms. The van der Waals surface area contributed by atoms with Gasteiger partial charge >= 0.3 is 0 Å². The minimum absolute atomic E-state index is 0.0247. The number of nitrogens with zero attached hydrogens (tertiary/aromatic N) is 1. The van der Waals surface area contributed by atoms with Gasteiger partial charge in [-0.1, -0.05) is 44.2 Å². The number of methoxy groups -OCH3 is 1. The Morgan fingerprint density at radius 2 is 1.95 bits per heavy atom. The Balaban J connectivity index is 2.52. The molecule has 0 aliphatic rings. The fourth-order valence-corrected chi connectivity index (χ4v) is 2.26. The number of hydrogen-bond donors (Lipinski definition) is 1. The first-order valence-electron chi connectivity index (χ1n) is 7.61. The summed E-state index contributed by atoms with van der Waals surface area (Å²) in [5.74, 6) is 0.448. The number of carbonyl (C=O) groups is 1. The van der Waals surface area contributed by atoms with Crippen LogP contribution in [0.15, 0.2) is 30.3 Å². The highest BCUT2D eigenvalue weighted by Crippen LogP contribution is 2.07. The van der Waals surface area contributed by atoms with Gasteiger partial charge in [0.05, 0.1) is 12.6 Å². The molecular formula is C17H28N2O2. The Labute approximate surface area is 128 Å². The summed E-state index contributed by atoms with van der Waals surface area (Å²) in [6.45, 7) is 6.07. The first-order valence-corrected chi connectivity index (χ1v) is 7.61. The second kappa shape index (κ2) is 9.53. The third-order valence-electron chi connectivity index (χ3n) is 3.37. The second-order valence-corrected chi connectivity index (χ2v) is 5.80. The molecule has 0 radical (unpaired) electrons. The van der Waals surface area contributed by atoms with Gasteiger partial charge in [-0.2, -0.15) is 0 Å². The zero-order valence-corrected chi connectivity index (χ0v) is 13.4. The van der Waals surface area contributed by atoms with E-state index in [0.717, 1.165) is 13.0 Å². The standard InChI is InChI=1S/C17H28N2O2/c1-14(2)13-19(11-12-21-3)17(20)16(18)10-9-15-7-5-4-6-8-15/h4-8,14,16H,9-13,18H2,1-3H3. The molecule has 0 aromatic heterocycles. The molecule has 0 saturated heterocycles. The van der Waals surface area contributed by atoms with Gasteiger partial charge in [-0.3, -0.25) is 4.79 Å². The molecule has 1 aromatic rings. The van der Waals surface area contributed by atoms with Crippen LogP contribution in [0.2, 0.25) is 0 Å². The van der Waals surface area contributed by atoms with Crippen molar-refractivity contribution in [2.24, 2.45) is 11.7 Å². The monoisotopic (exact) mass is 292 g/mol. The minimum atomic E-state index is -0.444. The number of nitrogens with two attached hydrogens (primary N) is 1. The molecule has 0 heterocycles. The van der Waals surface area contributed by atoms with Gasteiger partial charge in [0.15, 0.2) is 0 Å².